The molecule has 0 aromatic heterocycles. The van der Waals surface area contributed by atoms with E-state index in [1.807, 2.05) is 0 Å². The van der Waals surface area contributed by atoms with Gasteiger partial charge in [0, 0.05) is 25.2 Å². The summed E-state index contributed by atoms with van der Waals surface area (Å²) < 4.78 is 0. The Balaban J connectivity index is 1.61. The van der Waals surface area contributed by atoms with Crippen molar-refractivity contribution in [2.75, 3.05) is 6.54 Å². The topological polar surface area (TPSA) is 15.3 Å². The Morgan fingerprint density at radius 2 is 1.85 bits per heavy atom. The van der Waals surface area contributed by atoms with Gasteiger partial charge in [-0.05, 0) is 49.8 Å². The van der Waals surface area contributed by atoms with Gasteiger partial charge in [0.05, 0.1) is 0 Å². The lowest BCUT2D eigenvalue weighted by molar-refractivity contribution is 0.250. The minimum absolute atomic E-state index is 0.794. The van der Waals surface area contributed by atoms with E-state index in [-0.39, 0.29) is 0 Å². The van der Waals surface area contributed by atoms with Crippen LogP contribution >= 0.6 is 0 Å². The molecule has 2 aliphatic carbocycles. The Morgan fingerprint density at radius 1 is 1.10 bits per heavy atom. The molecule has 2 fully saturated rings. The quantitative estimate of drug-likeness (QED) is 0.737. The van der Waals surface area contributed by atoms with Gasteiger partial charge in [-0.3, -0.25) is 4.90 Å². The van der Waals surface area contributed by atoms with E-state index in [0.717, 1.165) is 25.2 Å². The van der Waals surface area contributed by atoms with Crippen LogP contribution in [0.25, 0.3) is 0 Å². The third kappa shape index (κ3) is 4.07. The summed E-state index contributed by atoms with van der Waals surface area (Å²) in [7, 11) is 0. The molecule has 0 spiro atoms. The van der Waals surface area contributed by atoms with Crippen molar-refractivity contribution in [1.29, 1.82) is 0 Å². The van der Waals surface area contributed by atoms with Crippen molar-refractivity contribution < 1.29 is 0 Å². The van der Waals surface area contributed by atoms with Gasteiger partial charge in [0.2, 0.25) is 0 Å². The molecule has 2 saturated carbocycles. The average Bonchev–Trinajstić information content (AvgIpc) is 3.35. The lowest BCUT2D eigenvalue weighted by Crippen LogP contribution is -2.27. The highest BCUT2D eigenvalue weighted by Gasteiger charge is 2.28. The van der Waals surface area contributed by atoms with E-state index in [4.69, 9.17) is 0 Å². The maximum absolute atomic E-state index is 3.66. The summed E-state index contributed by atoms with van der Waals surface area (Å²) in [5.41, 5.74) is 3.03. The molecule has 3 rings (SSSR count). The van der Waals surface area contributed by atoms with Crippen LogP contribution < -0.4 is 5.32 Å². The van der Waals surface area contributed by atoms with Crippen molar-refractivity contribution in [1.82, 2.24) is 10.2 Å². The van der Waals surface area contributed by atoms with Crippen LogP contribution in [-0.4, -0.2) is 23.5 Å². The maximum atomic E-state index is 3.66. The van der Waals surface area contributed by atoms with Gasteiger partial charge >= 0.3 is 0 Å². The first-order valence-electron chi connectivity index (χ1n) is 8.41. The molecule has 0 radical (unpaired) electrons. The van der Waals surface area contributed by atoms with Gasteiger partial charge in [-0.1, -0.05) is 37.6 Å². The zero-order valence-electron chi connectivity index (χ0n) is 12.8. The van der Waals surface area contributed by atoms with Gasteiger partial charge in [0.1, 0.15) is 0 Å². The van der Waals surface area contributed by atoms with Gasteiger partial charge in [-0.25, -0.2) is 0 Å². The molecule has 2 heteroatoms. The van der Waals surface area contributed by atoms with E-state index in [9.17, 15) is 0 Å². The molecule has 2 aliphatic rings. The first-order chi connectivity index (χ1) is 9.86. The number of unbranched alkanes of at least 4 members (excludes halogenated alkanes) is 1. The molecule has 20 heavy (non-hydrogen) atoms. The van der Waals surface area contributed by atoms with Crippen molar-refractivity contribution in [3.63, 3.8) is 0 Å². The second-order valence-corrected chi connectivity index (χ2v) is 6.48. The van der Waals surface area contributed by atoms with Gasteiger partial charge in [0.15, 0.2) is 0 Å². The number of benzene rings is 1. The molecule has 0 amide bonds. The minimum atomic E-state index is 0.794. The van der Waals surface area contributed by atoms with Crippen molar-refractivity contribution in [2.24, 2.45) is 0 Å². The summed E-state index contributed by atoms with van der Waals surface area (Å²) in [5, 5.41) is 3.66. The predicted molar refractivity (Wildman–Crippen MR) is 84.6 cm³/mol. The Kier molecular flexibility index (Phi) is 4.74. The predicted octanol–water partition coefficient (Wildman–Crippen LogP) is 3.70. The Hall–Kier alpha value is -0.860. The highest BCUT2D eigenvalue weighted by Crippen LogP contribution is 2.29. The summed E-state index contributed by atoms with van der Waals surface area (Å²) >= 11 is 0. The van der Waals surface area contributed by atoms with Crippen molar-refractivity contribution in [3.05, 3.63) is 35.4 Å². The second-order valence-electron chi connectivity index (χ2n) is 6.48. The largest absolute Gasteiger partial charge is 0.310 e. The van der Waals surface area contributed by atoms with Crippen molar-refractivity contribution in [3.8, 4) is 0 Å². The van der Waals surface area contributed by atoms with E-state index in [0.29, 0.717) is 0 Å². The van der Waals surface area contributed by atoms with Gasteiger partial charge in [0.25, 0.3) is 0 Å². The average molecular weight is 272 g/mol. The third-order valence-electron chi connectivity index (χ3n) is 4.51. The van der Waals surface area contributed by atoms with Crippen LogP contribution in [-0.2, 0) is 13.1 Å². The molecule has 0 heterocycles. The van der Waals surface area contributed by atoms with Crippen LogP contribution in [0.1, 0.15) is 56.6 Å². The minimum Gasteiger partial charge on any atom is -0.310 e. The molecule has 1 aromatic rings. The fourth-order valence-electron chi connectivity index (χ4n) is 2.84. The van der Waals surface area contributed by atoms with Gasteiger partial charge in [-0.2, -0.15) is 0 Å². The molecule has 0 unspecified atom stereocenters. The molecule has 1 N–H and O–H groups in total. The SMILES string of the molecule is CCCCN(Cc1ccccc1CNC1CC1)C1CC1. The lowest BCUT2D eigenvalue weighted by Gasteiger charge is -2.23. The summed E-state index contributed by atoms with van der Waals surface area (Å²) in [6.45, 7) is 5.75. The zero-order valence-corrected chi connectivity index (χ0v) is 12.8. The van der Waals surface area contributed by atoms with Crippen LogP contribution in [0.3, 0.4) is 0 Å². The molecule has 0 atom stereocenters. The third-order valence-corrected chi connectivity index (χ3v) is 4.51. The first kappa shape index (κ1) is 14.1. The standard InChI is InChI=1S/C18H28N2/c1-2-3-12-20(18-10-11-18)14-16-7-5-4-6-15(16)13-19-17-8-9-17/h4-7,17-19H,2-3,8-14H2,1H3. The number of hydrogen-bond acceptors (Lipinski definition) is 2. The highest BCUT2D eigenvalue weighted by atomic mass is 15.2. The van der Waals surface area contributed by atoms with Crippen molar-refractivity contribution >= 4 is 0 Å². The summed E-state index contributed by atoms with van der Waals surface area (Å²) in [4.78, 5) is 2.71. The number of nitrogens with zero attached hydrogens (tertiary/aromatic N) is 1. The number of rotatable bonds is 9. The first-order valence-corrected chi connectivity index (χ1v) is 8.41. The Labute approximate surface area is 123 Å². The normalized spacial score (nSPS) is 18.7. The molecular formula is C18H28N2. The smallest absolute Gasteiger partial charge is 0.0239 e. The Morgan fingerprint density at radius 3 is 2.50 bits per heavy atom. The van der Waals surface area contributed by atoms with E-state index in [1.54, 1.807) is 0 Å². The Bertz CT molecular complexity index is 421. The molecule has 0 aliphatic heterocycles. The molecule has 0 saturated heterocycles. The molecule has 2 nitrogen and oxygen atoms in total. The van der Waals surface area contributed by atoms with Crippen LogP contribution in [0.4, 0.5) is 0 Å². The summed E-state index contributed by atoms with van der Waals surface area (Å²) in [6.07, 6.45) is 8.19. The van der Waals surface area contributed by atoms with E-state index >= 15 is 0 Å². The van der Waals surface area contributed by atoms with Crippen LogP contribution in [0.5, 0.6) is 0 Å². The summed E-state index contributed by atoms with van der Waals surface area (Å²) in [5.74, 6) is 0. The zero-order chi connectivity index (χ0) is 13.8. The fourth-order valence-corrected chi connectivity index (χ4v) is 2.84. The molecule has 110 valence electrons. The van der Waals surface area contributed by atoms with Gasteiger partial charge in [-0.15, -0.1) is 0 Å². The highest BCUT2D eigenvalue weighted by molar-refractivity contribution is 5.27. The summed E-state index contributed by atoms with van der Waals surface area (Å²) in [6, 6.07) is 10.7. The van der Waals surface area contributed by atoms with E-state index in [2.05, 4.69) is 41.4 Å². The lowest BCUT2D eigenvalue weighted by atomic mass is 10.1. The number of nitrogens with one attached hydrogen (secondary N) is 1. The van der Waals surface area contributed by atoms with Crippen molar-refractivity contribution in [2.45, 2.75) is 70.6 Å². The van der Waals surface area contributed by atoms with Gasteiger partial charge < -0.3 is 5.32 Å². The van der Waals surface area contributed by atoms with E-state index < -0.39 is 0 Å². The van der Waals surface area contributed by atoms with Crippen LogP contribution in [0, 0.1) is 0 Å². The van der Waals surface area contributed by atoms with E-state index in [1.165, 1.54) is 56.2 Å². The van der Waals surface area contributed by atoms with Crippen LogP contribution in [0.2, 0.25) is 0 Å². The molecule has 1 aromatic carbocycles. The monoisotopic (exact) mass is 272 g/mol. The molecule has 0 bridgehead atoms. The number of hydrogen-bond donors (Lipinski definition) is 1. The second kappa shape index (κ2) is 6.73. The van der Waals surface area contributed by atoms with Crippen LogP contribution in [0.15, 0.2) is 24.3 Å². The fraction of sp³-hybridized carbons (Fsp3) is 0.667. The molecular weight excluding hydrogens is 244 g/mol. The maximum Gasteiger partial charge on any atom is 0.0239 e.